The summed E-state index contributed by atoms with van der Waals surface area (Å²) in [7, 11) is 0. The van der Waals surface area contributed by atoms with E-state index >= 15 is 0 Å². The number of hydrogen-bond donors (Lipinski definition) is 2. The first kappa shape index (κ1) is 24.1. The Morgan fingerprint density at radius 3 is 2.61 bits per heavy atom. The number of phenols is 1. The highest BCUT2D eigenvalue weighted by molar-refractivity contribution is 9.10. The van der Waals surface area contributed by atoms with Crippen LogP contribution in [0.4, 0.5) is 5.69 Å². The van der Waals surface area contributed by atoms with E-state index in [4.69, 9.17) is 4.74 Å². The molecule has 1 aromatic heterocycles. The van der Waals surface area contributed by atoms with Crippen molar-refractivity contribution in [2.24, 2.45) is 0 Å². The molecule has 0 amide bonds. The molecule has 0 radical (unpaired) electrons. The number of ether oxygens (including phenoxy) is 1. The lowest BCUT2D eigenvalue weighted by atomic mass is 9.74. The van der Waals surface area contributed by atoms with E-state index in [0.29, 0.717) is 6.42 Å². The molecule has 4 aromatic rings. The Balaban J connectivity index is 1.73. The first-order valence-electron chi connectivity index (χ1n) is 12.0. The minimum atomic E-state index is -0.319. The molecule has 5 rings (SSSR count). The normalized spacial score (nSPS) is 14.0. The van der Waals surface area contributed by atoms with Crippen LogP contribution in [-0.2, 0) is 16.0 Å². The van der Waals surface area contributed by atoms with Crippen LogP contribution in [0, 0.1) is 0 Å². The average molecular weight is 543 g/mol. The van der Waals surface area contributed by atoms with Crippen LogP contribution in [0.2, 0.25) is 0 Å². The number of aromatic nitrogens is 1. The number of nitrogens with zero attached hydrogens (tertiary/aromatic N) is 1. The largest absolute Gasteiger partial charge is 0.507 e. The van der Waals surface area contributed by atoms with Gasteiger partial charge < -0.3 is 15.2 Å². The first-order valence-corrected chi connectivity index (χ1v) is 12.8. The van der Waals surface area contributed by atoms with Crippen molar-refractivity contribution in [2.75, 3.05) is 18.5 Å². The summed E-state index contributed by atoms with van der Waals surface area (Å²) < 4.78 is 6.54. The van der Waals surface area contributed by atoms with E-state index in [1.165, 1.54) is 6.92 Å². The Labute approximate surface area is 219 Å². The number of phenolic OH excluding ortho intramolecular Hbond substituents is 1. The number of esters is 1. The number of carbonyl (C=O) groups is 1. The van der Waals surface area contributed by atoms with Crippen LogP contribution in [0.1, 0.15) is 30.9 Å². The van der Waals surface area contributed by atoms with E-state index in [0.717, 1.165) is 61.3 Å². The molecule has 0 aliphatic heterocycles. The maximum atomic E-state index is 11.8. The number of hydrogen-bond acceptors (Lipinski definition) is 5. The fourth-order valence-electron chi connectivity index (χ4n) is 5.08. The summed E-state index contributed by atoms with van der Waals surface area (Å²) in [5, 5.41) is 14.5. The molecule has 1 heterocycles. The van der Waals surface area contributed by atoms with Gasteiger partial charge in [0.15, 0.2) is 0 Å². The third-order valence-corrected chi connectivity index (χ3v) is 7.12. The lowest BCUT2D eigenvalue weighted by Gasteiger charge is -2.31. The molecular formula is C30H27BrN2O3. The molecule has 2 N–H and O–H groups in total. The van der Waals surface area contributed by atoms with Crippen molar-refractivity contribution in [3.8, 4) is 39.3 Å². The fraction of sp³-hybridized carbons (Fsp3) is 0.200. The monoisotopic (exact) mass is 542 g/mol. The third kappa shape index (κ3) is 4.61. The molecule has 0 fully saturated rings. The summed E-state index contributed by atoms with van der Waals surface area (Å²) in [5.74, 6) is -0.229. The van der Waals surface area contributed by atoms with Gasteiger partial charge in [-0.2, -0.15) is 0 Å². The molecule has 36 heavy (non-hydrogen) atoms. The summed E-state index contributed by atoms with van der Waals surface area (Å²) in [6.45, 7) is 4.54. The predicted octanol–water partition coefficient (Wildman–Crippen LogP) is 7.19. The summed E-state index contributed by atoms with van der Waals surface area (Å²) in [6, 6.07) is 22.0. The van der Waals surface area contributed by atoms with Gasteiger partial charge in [-0.05, 0) is 71.5 Å². The quantitative estimate of drug-likeness (QED) is 0.252. The van der Waals surface area contributed by atoms with E-state index in [1.807, 2.05) is 42.6 Å². The molecule has 1 aliphatic rings. The van der Waals surface area contributed by atoms with Gasteiger partial charge in [-0.1, -0.05) is 52.3 Å². The van der Waals surface area contributed by atoms with Crippen molar-refractivity contribution in [1.29, 1.82) is 0 Å². The SMILES string of the molecule is CCNc1ccnc(-c2cccc3c2CC(COC(C)=O)c2c(-c4ccc(Br)cc4)ccc(O)c2-3)c1. The van der Waals surface area contributed by atoms with Crippen molar-refractivity contribution in [3.05, 3.63) is 88.5 Å². The van der Waals surface area contributed by atoms with E-state index in [1.54, 1.807) is 6.07 Å². The lowest BCUT2D eigenvalue weighted by molar-refractivity contribution is -0.141. The second kappa shape index (κ2) is 10.2. The average Bonchev–Trinajstić information content (AvgIpc) is 2.88. The molecule has 3 aromatic carbocycles. The second-order valence-corrected chi connectivity index (χ2v) is 9.84. The van der Waals surface area contributed by atoms with Gasteiger partial charge in [-0.25, -0.2) is 0 Å². The molecule has 182 valence electrons. The van der Waals surface area contributed by atoms with Gasteiger partial charge in [-0.15, -0.1) is 0 Å². The van der Waals surface area contributed by atoms with E-state index in [-0.39, 0.29) is 24.2 Å². The maximum absolute atomic E-state index is 11.8. The summed E-state index contributed by atoms with van der Waals surface area (Å²) in [5.41, 5.74) is 8.81. The first-order chi connectivity index (χ1) is 17.5. The molecule has 1 atom stereocenters. The maximum Gasteiger partial charge on any atom is 0.302 e. The summed E-state index contributed by atoms with van der Waals surface area (Å²) in [4.78, 5) is 16.5. The molecule has 0 bridgehead atoms. The van der Waals surface area contributed by atoms with Crippen molar-refractivity contribution >= 4 is 27.6 Å². The number of anilines is 1. The van der Waals surface area contributed by atoms with Gasteiger partial charge in [0.1, 0.15) is 5.75 Å². The number of benzene rings is 3. The third-order valence-electron chi connectivity index (χ3n) is 6.59. The molecule has 1 aliphatic carbocycles. The van der Waals surface area contributed by atoms with Crippen LogP contribution >= 0.6 is 15.9 Å². The summed E-state index contributed by atoms with van der Waals surface area (Å²) >= 11 is 3.52. The molecule has 0 saturated carbocycles. The molecule has 1 unspecified atom stereocenters. The number of aromatic hydroxyl groups is 1. The molecule has 5 nitrogen and oxygen atoms in total. The molecule has 0 spiro atoms. The van der Waals surface area contributed by atoms with Gasteiger partial charge in [0.2, 0.25) is 0 Å². The minimum absolute atomic E-state index is 0.125. The number of nitrogens with one attached hydrogen (secondary N) is 1. The Bertz CT molecular complexity index is 1430. The topological polar surface area (TPSA) is 71.5 Å². The van der Waals surface area contributed by atoms with Crippen molar-refractivity contribution in [1.82, 2.24) is 4.98 Å². The van der Waals surface area contributed by atoms with Crippen LogP contribution in [0.5, 0.6) is 5.75 Å². The zero-order valence-electron chi connectivity index (χ0n) is 20.2. The number of rotatable bonds is 6. The van der Waals surface area contributed by atoms with Gasteiger partial charge >= 0.3 is 5.97 Å². The van der Waals surface area contributed by atoms with Crippen LogP contribution in [-0.4, -0.2) is 29.2 Å². The van der Waals surface area contributed by atoms with Crippen LogP contribution < -0.4 is 5.32 Å². The zero-order chi connectivity index (χ0) is 25.2. The van der Waals surface area contributed by atoms with Crippen LogP contribution in [0.15, 0.2) is 77.4 Å². The molecule has 0 saturated heterocycles. The van der Waals surface area contributed by atoms with Crippen molar-refractivity contribution in [2.45, 2.75) is 26.2 Å². The summed E-state index contributed by atoms with van der Waals surface area (Å²) in [6.07, 6.45) is 2.47. The van der Waals surface area contributed by atoms with Gasteiger partial charge in [0.25, 0.3) is 0 Å². The lowest BCUT2D eigenvalue weighted by Crippen LogP contribution is -2.20. The van der Waals surface area contributed by atoms with Crippen molar-refractivity contribution < 1.29 is 14.6 Å². The minimum Gasteiger partial charge on any atom is -0.507 e. The van der Waals surface area contributed by atoms with E-state index in [2.05, 4.69) is 57.4 Å². The Kier molecular flexibility index (Phi) is 6.79. The fourth-order valence-corrected chi connectivity index (χ4v) is 5.34. The van der Waals surface area contributed by atoms with Crippen LogP contribution in [0.3, 0.4) is 0 Å². The Hall–Kier alpha value is -3.64. The highest BCUT2D eigenvalue weighted by Crippen LogP contribution is 2.50. The number of halogens is 1. The van der Waals surface area contributed by atoms with Crippen LogP contribution in [0.25, 0.3) is 33.5 Å². The second-order valence-electron chi connectivity index (χ2n) is 8.92. The van der Waals surface area contributed by atoms with E-state index in [9.17, 15) is 9.90 Å². The number of carbonyl (C=O) groups excluding carboxylic acids is 1. The van der Waals surface area contributed by atoms with E-state index < -0.39 is 0 Å². The molecule has 6 heteroatoms. The van der Waals surface area contributed by atoms with Crippen molar-refractivity contribution in [3.63, 3.8) is 0 Å². The predicted molar refractivity (Wildman–Crippen MR) is 147 cm³/mol. The smallest absolute Gasteiger partial charge is 0.302 e. The Morgan fingerprint density at radius 1 is 1.08 bits per heavy atom. The van der Waals surface area contributed by atoms with Gasteiger partial charge in [0, 0.05) is 46.9 Å². The van der Waals surface area contributed by atoms with Gasteiger partial charge in [-0.3, -0.25) is 9.78 Å². The number of fused-ring (bicyclic) bond motifs is 3. The zero-order valence-corrected chi connectivity index (χ0v) is 21.8. The Morgan fingerprint density at radius 2 is 1.86 bits per heavy atom. The van der Waals surface area contributed by atoms with Gasteiger partial charge in [0.05, 0.1) is 12.3 Å². The number of pyridine rings is 1. The highest BCUT2D eigenvalue weighted by Gasteiger charge is 2.32. The molecular weight excluding hydrogens is 516 g/mol. The standard InChI is InChI=1S/C30H27BrN2O3/c1-3-32-22-13-14-33-27(16-22)24-5-4-6-25-26(24)15-20(17-36-18(2)34)29-23(11-12-28(35)30(25)29)19-7-9-21(31)10-8-19/h4-14,16,20,35H,3,15,17H2,1-2H3,(H,32,33). The highest BCUT2D eigenvalue weighted by atomic mass is 79.9.